The highest BCUT2D eigenvalue weighted by Crippen LogP contribution is 2.36. The molecule has 1 aromatic carbocycles. The van der Waals surface area contributed by atoms with Crippen LogP contribution < -0.4 is 0 Å². The monoisotopic (exact) mass is 352 g/mol. The maximum Gasteiger partial charge on any atom is 0.254 e. The summed E-state index contributed by atoms with van der Waals surface area (Å²) in [4.78, 5) is 20.1. The van der Waals surface area contributed by atoms with Crippen molar-refractivity contribution in [1.29, 1.82) is 0 Å². The molecule has 26 heavy (non-hydrogen) atoms. The molecule has 0 unspecified atom stereocenters. The van der Waals surface area contributed by atoms with Gasteiger partial charge in [-0.1, -0.05) is 12.1 Å². The van der Waals surface area contributed by atoms with E-state index in [2.05, 4.69) is 26.0 Å². The summed E-state index contributed by atoms with van der Waals surface area (Å²) in [6, 6.07) is 6.10. The van der Waals surface area contributed by atoms with Crippen molar-refractivity contribution in [2.24, 2.45) is 0 Å². The van der Waals surface area contributed by atoms with Gasteiger partial charge in [0.2, 0.25) is 0 Å². The second-order valence-electron chi connectivity index (χ2n) is 8.00. The fraction of sp³-hybridized carbons (Fsp3) is 0.545. The highest BCUT2D eigenvalue weighted by molar-refractivity contribution is 6.07. The molecule has 2 aromatic rings. The first kappa shape index (κ1) is 17.5. The van der Waals surface area contributed by atoms with Crippen molar-refractivity contribution in [3.05, 3.63) is 40.6 Å². The number of nitrogens with zero attached hydrogens (tertiary/aromatic N) is 2. The van der Waals surface area contributed by atoms with Gasteiger partial charge in [-0.15, -0.1) is 0 Å². The van der Waals surface area contributed by atoms with Crippen molar-refractivity contribution in [2.45, 2.75) is 58.5 Å². The first-order valence-electron chi connectivity index (χ1n) is 9.80. The third kappa shape index (κ3) is 3.01. The molecule has 1 atom stereocenters. The predicted octanol–water partition coefficient (Wildman–Crippen LogP) is 4.34. The van der Waals surface area contributed by atoms with Gasteiger partial charge >= 0.3 is 0 Å². The van der Waals surface area contributed by atoms with E-state index in [0.29, 0.717) is 0 Å². The Morgan fingerprint density at radius 3 is 2.69 bits per heavy atom. The highest BCUT2D eigenvalue weighted by atomic mass is 16.5. The molecule has 138 valence electrons. The predicted molar refractivity (Wildman–Crippen MR) is 104 cm³/mol. The molecule has 0 radical (unpaired) electrons. The summed E-state index contributed by atoms with van der Waals surface area (Å²) in [5, 5.41) is 0.972. The molecule has 4 nitrogen and oxygen atoms in total. The zero-order valence-corrected chi connectivity index (χ0v) is 16.1. The lowest BCUT2D eigenvalue weighted by molar-refractivity contribution is -0.00691. The van der Waals surface area contributed by atoms with Crippen LogP contribution in [-0.4, -0.2) is 41.1 Å². The quantitative estimate of drug-likeness (QED) is 0.767. The second-order valence-corrected chi connectivity index (χ2v) is 8.00. The second kappa shape index (κ2) is 6.66. The van der Waals surface area contributed by atoms with Crippen LogP contribution in [0.5, 0.6) is 0 Å². The average Bonchev–Trinajstić information content (AvgIpc) is 2.98. The fourth-order valence-corrected chi connectivity index (χ4v) is 4.53. The summed E-state index contributed by atoms with van der Waals surface area (Å²) in [6.45, 7) is 8.63. The molecule has 3 heterocycles. The zero-order valence-electron chi connectivity index (χ0n) is 16.1. The van der Waals surface area contributed by atoms with Crippen molar-refractivity contribution < 1.29 is 9.53 Å². The van der Waals surface area contributed by atoms with Crippen molar-refractivity contribution in [2.75, 3.05) is 19.7 Å². The molecule has 2 aliphatic rings. The van der Waals surface area contributed by atoms with Gasteiger partial charge in [0.25, 0.3) is 5.91 Å². The first-order valence-corrected chi connectivity index (χ1v) is 9.80. The van der Waals surface area contributed by atoms with Gasteiger partial charge in [-0.3, -0.25) is 9.78 Å². The minimum absolute atomic E-state index is 0.0267. The van der Waals surface area contributed by atoms with Crippen LogP contribution in [0.4, 0.5) is 0 Å². The van der Waals surface area contributed by atoms with Crippen LogP contribution in [0.3, 0.4) is 0 Å². The van der Waals surface area contributed by atoms with Gasteiger partial charge in [0.15, 0.2) is 0 Å². The third-order valence-electron chi connectivity index (χ3n) is 6.23. The molecule has 1 spiro atoms. The van der Waals surface area contributed by atoms with E-state index >= 15 is 0 Å². The van der Waals surface area contributed by atoms with Gasteiger partial charge in [0.05, 0.1) is 16.7 Å². The fourth-order valence-electron chi connectivity index (χ4n) is 4.53. The maximum absolute atomic E-state index is 13.4. The normalized spacial score (nSPS) is 23.6. The van der Waals surface area contributed by atoms with Crippen LogP contribution in [-0.2, 0) is 4.74 Å². The smallest absolute Gasteiger partial charge is 0.254 e. The van der Waals surface area contributed by atoms with E-state index in [1.165, 1.54) is 5.56 Å². The number of hydrogen-bond acceptors (Lipinski definition) is 3. The number of rotatable bonds is 1. The van der Waals surface area contributed by atoms with E-state index in [0.717, 1.165) is 79.5 Å². The van der Waals surface area contributed by atoms with E-state index in [4.69, 9.17) is 9.72 Å². The van der Waals surface area contributed by atoms with Gasteiger partial charge in [0, 0.05) is 30.8 Å². The van der Waals surface area contributed by atoms with Gasteiger partial charge in [-0.25, -0.2) is 0 Å². The molecule has 1 aromatic heterocycles. The van der Waals surface area contributed by atoms with E-state index in [-0.39, 0.29) is 11.5 Å². The molecule has 0 aliphatic carbocycles. The van der Waals surface area contributed by atoms with Crippen molar-refractivity contribution >= 4 is 16.8 Å². The standard InChI is InChI=1S/C22H28N2O2/c1-15-6-7-18-19(14-16(2)23-20(18)17(15)3)21(25)24-11-4-8-22(10-12-24)9-5-13-26-22/h6-7,14H,4-5,8-13H2,1-3H3/t22-/m1/s1. The average molecular weight is 352 g/mol. The lowest BCUT2D eigenvalue weighted by Crippen LogP contribution is -2.34. The van der Waals surface area contributed by atoms with Crippen LogP contribution in [0, 0.1) is 20.8 Å². The Morgan fingerprint density at radius 2 is 1.92 bits per heavy atom. The number of hydrogen-bond donors (Lipinski definition) is 0. The van der Waals surface area contributed by atoms with Crippen molar-refractivity contribution in [3.63, 3.8) is 0 Å². The van der Waals surface area contributed by atoms with Gasteiger partial charge < -0.3 is 9.64 Å². The van der Waals surface area contributed by atoms with E-state index in [9.17, 15) is 4.79 Å². The SMILES string of the molecule is Cc1cc(C(=O)N2CCC[C@@]3(CCCO3)CC2)c2ccc(C)c(C)c2n1. The lowest BCUT2D eigenvalue weighted by Gasteiger charge is -2.27. The topological polar surface area (TPSA) is 42.4 Å². The number of aryl methyl sites for hydroxylation is 3. The van der Waals surface area contributed by atoms with E-state index < -0.39 is 0 Å². The number of likely N-dealkylation sites (tertiary alicyclic amines) is 1. The Kier molecular flexibility index (Phi) is 4.47. The molecular weight excluding hydrogens is 324 g/mol. The number of fused-ring (bicyclic) bond motifs is 1. The minimum atomic E-state index is 0.0267. The Bertz CT molecular complexity index is 853. The van der Waals surface area contributed by atoms with Crippen LogP contribution in [0.2, 0.25) is 0 Å². The summed E-state index contributed by atoms with van der Waals surface area (Å²) >= 11 is 0. The number of aromatic nitrogens is 1. The zero-order chi connectivity index (χ0) is 18.3. The Morgan fingerprint density at radius 1 is 1.12 bits per heavy atom. The molecule has 1 amide bonds. The largest absolute Gasteiger partial charge is 0.375 e. The molecular formula is C22H28N2O2. The number of ether oxygens (including phenoxy) is 1. The van der Waals surface area contributed by atoms with Crippen LogP contribution in [0.25, 0.3) is 10.9 Å². The van der Waals surface area contributed by atoms with Gasteiger partial charge in [0.1, 0.15) is 0 Å². The minimum Gasteiger partial charge on any atom is -0.375 e. The maximum atomic E-state index is 13.4. The number of pyridine rings is 1. The number of benzene rings is 1. The molecule has 2 saturated heterocycles. The molecule has 2 aliphatic heterocycles. The Hall–Kier alpha value is -1.94. The lowest BCUT2D eigenvalue weighted by atomic mass is 9.92. The highest BCUT2D eigenvalue weighted by Gasteiger charge is 2.37. The number of carbonyl (C=O) groups excluding carboxylic acids is 1. The molecule has 2 fully saturated rings. The molecule has 0 saturated carbocycles. The number of carbonyl (C=O) groups is 1. The number of amides is 1. The summed E-state index contributed by atoms with van der Waals surface area (Å²) in [5.74, 6) is 0.138. The van der Waals surface area contributed by atoms with E-state index in [1.54, 1.807) is 0 Å². The molecule has 4 heteroatoms. The van der Waals surface area contributed by atoms with Gasteiger partial charge in [-0.05, 0) is 70.1 Å². The summed E-state index contributed by atoms with van der Waals surface area (Å²) in [5.41, 5.74) is 5.05. The molecule has 0 N–H and O–H groups in total. The van der Waals surface area contributed by atoms with Crippen molar-refractivity contribution in [1.82, 2.24) is 9.88 Å². The Labute approximate surface area is 155 Å². The summed E-state index contributed by atoms with van der Waals surface area (Å²) in [7, 11) is 0. The third-order valence-corrected chi connectivity index (χ3v) is 6.23. The van der Waals surface area contributed by atoms with Crippen molar-refractivity contribution in [3.8, 4) is 0 Å². The summed E-state index contributed by atoms with van der Waals surface area (Å²) < 4.78 is 6.07. The van der Waals surface area contributed by atoms with E-state index in [1.807, 2.05) is 17.9 Å². The molecule has 0 bridgehead atoms. The van der Waals surface area contributed by atoms with Gasteiger partial charge in [-0.2, -0.15) is 0 Å². The van der Waals surface area contributed by atoms with Crippen LogP contribution >= 0.6 is 0 Å². The van der Waals surface area contributed by atoms with Crippen LogP contribution in [0.1, 0.15) is 59.3 Å². The molecule has 4 rings (SSSR count). The van der Waals surface area contributed by atoms with Crippen LogP contribution in [0.15, 0.2) is 18.2 Å². The first-order chi connectivity index (χ1) is 12.5. The Balaban J connectivity index is 1.67. The summed E-state index contributed by atoms with van der Waals surface area (Å²) in [6.07, 6.45) is 5.35.